The number of aromatic nitrogens is 3. The maximum Gasteiger partial charge on any atom is 0.247 e. The van der Waals surface area contributed by atoms with Crippen molar-refractivity contribution in [3.63, 3.8) is 0 Å². The average Bonchev–Trinajstić information content (AvgIpc) is 3.08. The Labute approximate surface area is 174 Å². The Kier molecular flexibility index (Phi) is 4.48. The monoisotopic (exact) mass is 458 g/mol. The lowest BCUT2D eigenvalue weighted by atomic mass is 10.1. The van der Waals surface area contributed by atoms with E-state index in [-0.39, 0.29) is 6.79 Å². The van der Waals surface area contributed by atoms with E-state index < -0.39 is 6.23 Å². The Balaban J connectivity index is 1.63. The van der Waals surface area contributed by atoms with Gasteiger partial charge in [0.1, 0.15) is 0 Å². The number of hydrogen-bond acceptors (Lipinski definition) is 8. The van der Waals surface area contributed by atoms with Gasteiger partial charge in [0.25, 0.3) is 0 Å². The number of fused-ring (bicyclic) bond motifs is 4. The molecule has 0 fully saturated rings. The van der Waals surface area contributed by atoms with Crippen molar-refractivity contribution in [2.24, 2.45) is 0 Å². The summed E-state index contributed by atoms with van der Waals surface area (Å²) < 4.78 is 18.1. The topological polar surface area (TPSA) is 78.4 Å². The molecule has 7 nitrogen and oxygen atoms in total. The molecule has 0 spiro atoms. The molecule has 0 unspecified atom stereocenters. The highest BCUT2D eigenvalue weighted by Crippen LogP contribution is 2.44. The summed E-state index contributed by atoms with van der Waals surface area (Å²) in [5.41, 5.74) is 3.27. The molecular formula is C19H15BrN4O3S. The van der Waals surface area contributed by atoms with Gasteiger partial charge in [-0.1, -0.05) is 52.8 Å². The van der Waals surface area contributed by atoms with Crippen LogP contribution in [0.3, 0.4) is 0 Å². The van der Waals surface area contributed by atoms with Crippen LogP contribution in [0.2, 0.25) is 0 Å². The summed E-state index contributed by atoms with van der Waals surface area (Å²) in [5.74, 6) is 2.69. The molecule has 1 N–H and O–H groups in total. The quantitative estimate of drug-likeness (QED) is 0.568. The van der Waals surface area contributed by atoms with E-state index in [4.69, 9.17) is 14.2 Å². The molecule has 0 amide bonds. The Morgan fingerprint density at radius 3 is 2.86 bits per heavy atom. The van der Waals surface area contributed by atoms with Crippen molar-refractivity contribution in [1.29, 1.82) is 0 Å². The van der Waals surface area contributed by atoms with E-state index in [2.05, 4.69) is 36.4 Å². The zero-order chi connectivity index (χ0) is 19.1. The summed E-state index contributed by atoms with van der Waals surface area (Å²) >= 11 is 5.14. The number of para-hydroxylation sites is 1. The molecule has 142 valence electrons. The summed E-state index contributed by atoms with van der Waals surface area (Å²) in [6.45, 7) is 2.26. The van der Waals surface area contributed by atoms with E-state index in [1.165, 1.54) is 11.8 Å². The van der Waals surface area contributed by atoms with E-state index in [1.54, 1.807) is 0 Å². The minimum absolute atomic E-state index is 0.213. The normalized spacial score (nSPS) is 16.4. The minimum atomic E-state index is -0.498. The first-order valence-electron chi connectivity index (χ1n) is 8.72. The second-order valence-electron chi connectivity index (χ2n) is 6.10. The molecule has 28 heavy (non-hydrogen) atoms. The van der Waals surface area contributed by atoms with Gasteiger partial charge >= 0.3 is 0 Å². The highest BCUT2D eigenvalue weighted by molar-refractivity contribution is 9.10. The van der Waals surface area contributed by atoms with Crippen LogP contribution in [0.1, 0.15) is 18.7 Å². The molecule has 0 bridgehead atoms. The molecule has 0 aliphatic carbocycles. The van der Waals surface area contributed by atoms with Crippen molar-refractivity contribution < 1.29 is 14.2 Å². The average molecular weight is 459 g/mol. The summed E-state index contributed by atoms with van der Waals surface area (Å²) in [6.07, 6.45) is -0.498. The van der Waals surface area contributed by atoms with Gasteiger partial charge in [0.15, 0.2) is 23.4 Å². The lowest BCUT2D eigenvalue weighted by molar-refractivity contribution is 0.173. The number of nitrogens with zero attached hydrogens (tertiary/aromatic N) is 3. The molecule has 0 saturated heterocycles. The van der Waals surface area contributed by atoms with Crippen LogP contribution in [-0.2, 0) is 0 Å². The largest absolute Gasteiger partial charge is 0.454 e. The molecule has 9 heteroatoms. The van der Waals surface area contributed by atoms with Crippen LogP contribution in [0, 0.1) is 0 Å². The maximum atomic E-state index is 6.29. The van der Waals surface area contributed by atoms with Gasteiger partial charge in [0.2, 0.25) is 17.8 Å². The first kappa shape index (κ1) is 17.6. The van der Waals surface area contributed by atoms with Crippen LogP contribution in [0.4, 0.5) is 5.69 Å². The molecule has 0 saturated carbocycles. The van der Waals surface area contributed by atoms with Crippen LogP contribution in [0.15, 0.2) is 46.0 Å². The van der Waals surface area contributed by atoms with Crippen molar-refractivity contribution in [3.05, 3.63) is 46.4 Å². The molecule has 2 aromatic carbocycles. The van der Waals surface area contributed by atoms with Crippen LogP contribution in [0.5, 0.6) is 17.4 Å². The third-order valence-corrected chi connectivity index (χ3v) is 5.79. The second-order valence-corrected chi connectivity index (χ2v) is 8.18. The number of thioether (sulfide) groups is 1. The number of benzene rings is 2. The molecule has 3 aromatic rings. The van der Waals surface area contributed by atoms with Gasteiger partial charge in [-0.15, -0.1) is 10.2 Å². The van der Waals surface area contributed by atoms with Crippen LogP contribution in [-0.4, -0.2) is 27.7 Å². The fourth-order valence-corrected chi connectivity index (χ4v) is 4.15. The van der Waals surface area contributed by atoms with E-state index in [1.807, 2.05) is 43.3 Å². The van der Waals surface area contributed by atoms with E-state index in [0.29, 0.717) is 28.2 Å². The van der Waals surface area contributed by atoms with Gasteiger partial charge in [-0.05, 0) is 24.0 Å². The summed E-state index contributed by atoms with van der Waals surface area (Å²) in [6, 6.07) is 11.7. The van der Waals surface area contributed by atoms with Crippen molar-refractivity contribution >= 4 is 33.4 Å². The SMILES string of the molecule is CCSc1nnc2c(n1)O[C@H](c1cc3c(cc1Br)OCO3)Nc1ccccc1-2. The Bertz CT molecular complexity index is 1070. The predicted molar refractivity (Wildman–Crippen MR) is 109 cm³/mol. The number of hydrogen-bond donors (Lipinski definition) is 1. The third kappa shape index (κ3) is 3.04. The molecular weight excluding hydrogens is 444 g/mol. The fraction of sp³-hybridized carbons (Fsp3) is 0.211. The van der Waals surface area contributed by atoms with E-state index in [9.17, 15) is 0 Å². The zero-order valence-electron chi connectivity index (χ0n) is 14.8. The van der Waals surface area contributed by atoms with Gasteiger partial charge < -0.3 is 19.5 Å². The molecule has 3 heterocycles. The maximum absolute atomic E-state index is 6.29. The molecule has 0 radical (unpaired) electrons. The second kappa shape index (κ2) is 7.14. The Hall–Kier alpha value is -2.52. The number of ether oxygens (including phenoxy) is 3. The standard InChI is InChI=1S/C19H15BrN4O3S/c1-2-28-19-22-18-16(23-24-19)10-5-3-4-6-13(10)21-17(27-18)11-7-14-15(8-12(11)20)26-9-25-14/h3-8,17,21H,2,9H2,1H3/t17-/m1/s1. The van der Waals surface area contributed by atoms with Gasteiger partial charge in [0, 0.05) is 21.3 Å². The zero-order valence-corrected chi connectivity index (χ0v) is 17.2. The van der Waals surface area contributed by atoms with Gasteiger partial charge in [-0.2, -0.15) is 4.98 Å². The highest BCUT2D eigenvalue weighted by atomic mass is 79.9. The smallest absolute Gasteiger partial charge is 0.247 e. The molecule has 2 aliphatic heterocycles. The lowest BCUT2D eigenvalue weighted by Crippen LogP contribution is -2.17. The summed E-state index contributed by atoms with van der Waals surface area (Å²) in [4.78, 5) is 4.60. The molecule has 2 aliphatic rings. The van der Waals surface area contributed by atoms with Crippen LogP contribution in [0.25, 0.3) is 11.3 Å². The van der Waals surface area contributed by atoms with Gasteiger partial charge in [-0.25, -0.2) is 0 Å². The van der Waals surface area contributed by atoms with Crippen molar-refractivity contribution in [2.75, 3.05) is 17.9 Å². The molecule has 1 atom stereocenters. The Morgan fingerprint density at radius 1 is 1.18 bits per heavy atom. The lowest BCUT2D eigenvalue weighted by Gasteiger charge is -2.20. The number of halogens is 1. The number of rotatable bonds is 3. The van der Waals surface area contributed by atoms with Gasteiger partial charge in [-0.3, -0.25) is 0 Å². The third-order valence-electron chi connectivity index (χ3n) is 4.38. The Morgan fingerprint density at radius 2 is 2.00 bits per heavy atom. The highest BCUT2D eigenvalue weighted by Gasteiger charge is 2.29. The summed E-state index contributed by atoms with van der Waals surface area (Å²) in [7, 11) is 0. The van der Waals surface area contributed by atoms with Crippen LogP contribution >= 0.6 is 27.7 Å². The number of anilines is 1. The van der Waals surface area contributed by atoms with E-state index >= 15 is 0 Å². The van der Waals surface area contributed by atoms with Crippen molar-refractivity contribution in [1.82, 2.24) is 15.2 Å². The van der Waals surface area contributed by atoms with Crippen LogP contribution < -0.4 is 19.5 Å². The van der Waals surface area contributed by atoms with Crippen molar-refractivity contribution in [2.45, 2.75) is 18.3 Å². The predicted octanol–water partition coefficient (Wildman–Crippen LogP) is 4.64. The summed E-state index contributed by atoms with van der Waals surface area (Å²) in [5, 5.41) is 12.7. The van der Waals surface area contributed by atoms with Crippen molar-refractivity contribution in [3.8, 4) is 28.6 Å². The molecule has 5 rings (SSSR count). The first-order valence-corrected chi connectivity index (χ1v) is 10.5. The fourth-order valence-electron chi connectivity index (χ4n) is 3.11. The van der Waals surface area contributed by atoms with Gasteiger partial charge in [0.05, 0.1) is 0 Å². The molecule has 1 aromatic heterocycles. The number of nitrogens with one attached hydrogen (secondary N) is 1. The first-order chi connectivity index (χ1) is 13.7. The minimum Gasteiger partial charge on any atom is -0.454 e. The van der Waals surface area contributed by atoms with E-state index in [0.717, 1.165) is 27.0 Å².